The van der Waals surface area contributed by atoms with Gasteiger partial charge in [-0.2, -0.15) is 0 Å². The van der Waals surface area contributed by atoms with Gasteiger partial charge in [-0.1, -0.05) is 35.9 Å². The van der Waals surface area contributed by atoms with Crippen molar-refractivity contribution in [1.29, 1.82) is 0 Å². The lowest BCUT2D eigenvalue weighted by Gasteiger charge is -2.27. The van der Waals surface area contributed by atoms with E-state index in [2.05, 4.69) is 0 Å². The minimum atomic E-state index is -4.23. The maximum absolute atomic E-state index is 14.5. The first kappa shape index (κ1) is 21.7. The van der Waals surface area contributed by atoms with Gasteiger partial charge in [0.05, 0.1) is 17.1 Å². The van der Waals surface area contributed by atoms with Gasteiger partial charge in [-0.25, -0.2) is 17.2 Å². The molecule has 3 aromatic carbocycles. The summed E-state index contributed by atoms with van der Waals surface area (Å²) in [5, 5.41) is 10.4. The van der Waals surface area contributed by atoms with Crippen LogP contribution in [0.3, 0.4) is 0 Å². The first-order valence-corrected chi connectivity index (χ1v) is 10.6. The quantitative estimate of drug-likeness (QED) is 0.585. The van der Waals surface area contributed by atoms with E-state index in [0.717, 1.165) is 22.0 Å². The number of nitrogens with zero attached hydrogens (tertiary/aromatic N) is 1. The zero-order valence-corrected chi connectivity index (χ0v) is 17.0. The summed E-state index contributed by atoms with van der Waals surface area (Å²) in [5.41, 5.74) is 0.487. The number of aliphatic hydroxyl groups excluding tert-OH is 1. The van der Waals surface area contributed by atoms with Gasteiger partial charge in [0.1, 0.15) is 30.1 Å². The van der Waals surface area contributed by atoms with Crippen LogP contribution in [0.5, 0.6) is 5.75 Å². The molecule has 5 nitrogen and oxygen atoms in total. The molecule has 0 amide bonds. The minimum Gasteiger partial charge on any atom is -0.491 e. The average molecular weight is 433 g/mol. The number of hydrogen-bond donors (Lipinski definition) is 1. The van der Waals surface area contributed by atoms with Crippen molar-refractivity contribution in [3.05, 3.63) is 90.0 Å². The fraction of sp³-hybridized carbons (Fsp3) is 0.182. The predicted octanol–water partition coefficient (Wildman–Crippen LogP) is 3.91. The van der Waals surface area contributed by atoms with Crippen molar-refractivity contribution in [2.45, 2.75) is 17.9 Å². The molecule has 0 radical (unpaired) electrons. The molecule has 0 bridgehead atoms. The Morgan fingerprint density at radius 2 is 1.67 bits per heavy atom. The van der Waals surface area contributed by atoms with E-state index in [1.165, 1.54) is 12.1 Å². The minimum absolute atomic E-state index is 0.0759. The molecule has 0 heterocycles. The van der Waals surface area contributed by atoms with Crippen molar-refractivity contribution in [1.82, 2.24) is 0 Å². The number of aliphatic hydroxyl groups is 1. The van der Waals surface area contributed by atoms with Gasteiger partial charge in [0, 0.05) is 6.07 Å². The maximum Gasteiger partial charge on any atom is 0.264 e. The number of benzene rings is 3. The number of sulfonamides is 1. The molecule has 3 aromatic rings. The van der Waals surface area contributed by atoms with Gasteiger partial charge in [0.25, 0.3) is 10.0 Å². The lowest BCUT2D eigenvalue weighted by molar-refractivity contribution is 0.115. The number of hydrogen-bond acceptors (Lipinski definition) is 4. The average Bonchev–Trinajstić information content (AvgIpc) is 2.72. The SMILES string of the molecule is Cc1ccc(S(=O)(=O)N(CC(O)COc2ccccc2)c2ccc(F)cc2F)cc1. The molecule has 1 N–H and O–H groups in total. The number of halogens is 2. The van der Waals surface area contributed by atoms with Crippen molar-refractivity contribution in [3.63, 3.8) is 0 Å². The Morgan fingerprint density at radius 1 is 1.00 bits per heavy atom. The Labute approximate surface area is 174 Å². The number of aryl methyl sites for hydroxylation is 1. The summed E-state index contributed by atoms with van der Waals surface area (Å²) in [5.74, 6) is -1.39. The monoisotopic (exact) mass is 433 g/mol. The Morgan fingerprint density at radius 3 is 2.30 bits per heavy atom. The van der Waals surface area contributed by atoms with Gasteiger partial charge >= 0.3 is 0 Å². The summed E-state index contributed by atoms with van der Waals surface area (Å²) in [7, 11) is -4.23. The molecule has 0 aromatic heterocycles. The summed E-state index contributed by atoms with van der Waals surface area (Å²) >= 11 is 0. The number of rotatable bonds is 8. The van der Waals surface area contributed by atoms with Crippen LogP contribution in [-0.2, 0) is 10.0 Å². The molecule has 1 atom stereocenters. The molecular formula is C22H21F2NO4S. The fourth-order valence-electron chi connectivity index (χ4n) is 2.80. The van der Waals surface area contributed by atoms with Crippen LogP contribution in [0.2, 0.25) is 0 Å². The second kappa shape index (κ2) is 9.23. The van der Waals surface area contributed by atoms with Crippen LogP contribution in [0.1, 0.15) is 5.56 Å². The van der Waals surface area contributed by atoms with Crippen LogP contribution in [-0.4, -0.2) is 32.8 Å². The number of anilines is 1. The lowest BCUT2D eigenvalue weighted by Crippen LogP contribution is -2.40. The van der Waals surface area contributed by atoms with E-state index in [4.69, 9.17) is 4.74 Å². The topological polar surface area (TPSA) is 66.8 Å². The van der Waals surface area contributed by atoms with Crippen LogP contribution in [0, 0.1) is 18.6 Å². The van der Waals surface area contributed by atoms with Crippen molar-refractivity contribution >= 4 is 15.7 Å². The molecule has 0 spiro atoms. The molecule has 0 aliphatic rings. The lowest BCUT2D eigenvalue weighted by atomic mass is 10.2. The fourth-order valence-corrected chi connectivity index (χ4v) is 4.31. The molecular weight excluding hydrogens is 412 g/mol. The molecule has 0 saturated carbocycles. The second-order valence-corrected chi connectivity index (χ2v) is 8.59. The van der Waals surface area contributed by atoms with Crippen LogP contribution >= 0.6 is 0 Å². The highest BCUT2D eigenvalue weighted by atomic mass is 32.2. The molecule has 0 aliphatic heterocycles. The number of ether oxygens (including phenoxy) is 1. The second-order valence-electron chi connectivity index (χ2n) is 6.72. The Kier molecular flexibility index (Phi) is 6.69. The maximum atomic E-state index is 14.5. The summed E-state index contributed by atoms with van der Waals surface area (Å²) in [6, 6.07) is 17.3. The Hall–Kier alpha value is -2.97. The van der Waals surface area contributed by atoms with E-state index in [1.54, 1.807) is 49.4 Å². The van der Waals surface area contributed by atoms with Gasteiger partial charge in [0.15, 0.2) is 0 Å². The van der Waals surface area contributed by atoms with Crippen molar-refractivity contribution < 1.29 is 27.0 Å². The predicted molar refractivity (Wildman–Crippen MR) is 110 cm³/mol. The highest BCUT2D eigenvalue weighted by Gasteiger charge is 2.29. The molecule has 0 aliphatic carbocycles. The summed E-state index contributed by atoms with van der Waals surface area (Å²) < 4.78 is 60.4. The van der Waals surface area contributed by atoms with E-state index in [1.807, 2.05) is 0 Å². The summed E-state index contributed by atoms with van der Waals surface area (Å²) in [6.45, 7) is 1.11. The van der Waals surface area contributed by atoms with Crippen LogP contribution < -0.4 is 9.04 Å². The van der Waals surface area contributed by atoms with E-state index in [9.17, 15) is 22.3 Å². The van der Waals surface area contributed by atoms with Gasteiger partial charge in [-0.15, -0.1) is 0 Å². The van der Waals surface area contributed by atoms with Crippen LogP contribution in [0.4, 0.5) is 14.5 Å². The summed E-state index contributed by atoms with van der Waals surface area (Å²) in [4.78, 5) is -0.0759. The standard InChI is InChI=1S/C22H21F2NO4S/c1-16-7-10-20(11-8-16)30(27,28)25(22-12-9-17(23)13-21(22)24)14-18(26)15-29-19-5-3-2-4-6-19/h2-13,18,26H,14-15H2,1H3. The molecule has 8 heteroatoms. The molecule has 0 fully saturated rings. The first-order valence-electron chi connectivity index (χ1n) is 9.18. The zero-order valence-electron chi connectivity index (χ0n) is 16.2. The smallest absolute Gasteiger partial charge is 0.264 e. The highest BCUT2D eigenvalue weighted by Crippen LogP contribution is 2.27. The van der Waals surface area contributed by atoms with Crippen molar-refractivity contribution in [2.24, 2.45) is 0 Å². The van der Waals surface area contributed by atoms with E-state index >= 15 is 0 Å². The Balaban J connectivity index is 1.90. The van der Waals surface area contributed by atoms with Crippen LogP contribution in [0.25, 0.3) is 0 Å². The molecule has 30 heavy (non-hydrogen) atoms. The van der Waals surface area contributed by atoms with E-state index < -0.39 is 34.3 Å². The highest BCUT2D eigenvalue weighted by molar-refractivity contribution is 7.92. The van der Waals surface area contributed by atoms with E-state index in [0.29, 0.717) is 11.8 Å². The molecule has 1 unspecified atom stereocenters. The van der Waals surface area contributed by atoms with E-state index in [-0.39, 0.29) is 17.2 Å². The van der Waals surface area contributed by atoms with Crippen molar-refractivity contribution in [2.75, 3.05) is 17.5 Å². The third-order valence-corrected chi connectivity index (χ3v) is 6.14. The third kappa shape index (κ3) is 5.14. The summed E-state index contributed by atoms with van der Waals surface area (Å²) in [6.07, 6.45) is -1.27. The zero-order chi connectivity index (χ0) is 21.7. The van der Waals surface area contributed by atoms with Gasteiger partial charge in [-0.3, -0.25) is 4.31 Å². The first-order chi connectivity index (χ1) is 14.3. The normalized spacial score (nSPS) is 12.4. The third-order valence-electron chi connectivity index (χ3n) is 4.35. The van der Waals surface area contributed by atoms with Gasteiger partial charge in [0.2, 0.25) is 0 Å². The molecule has 158 valence electrons. The largest absolute Gasteiger partial charge is 0.491 e. The van der Waals surface area contributed by atoms with Crippen molar-refractivity contribution in [3.8, 4) is 5.75 Å². The van der Waals surface area contributed by atoms with Crippen LogP contribution in [0.15, 0.2) is 77.7 Å². The Bertz CT molecular complexity index is 1090. The molecule has 0 saturated heterocycles. The van der Waals surface area contributed by atoms with Gasteiger partial charge in [-0.05, 0) is 43.3 Å². The molecule has 3 rings (SSSR count). The van der Waals surface area contributed by atoms with Gasteiger partial charge < -0.3 is 9.84 Å². The number of para-hydroxylation sites is 1.